The molecule has 0 aliphatic carbocycles. The molecule has 0 spiro atoms. The Hall–Kier alpha value is -0.930. The first-order chi connectivity index (χ1) is 8.22. The molecule has 1 N–H and O–H groups in total. The number of unbranched alkanes of at least 4 members (excludes halogenated alkanes) is 1. The van der Waals surface area contributed by atoms with Crippen molar-refractivity contribution in [3.8, 4) is 5.75 Å². The molecule has 0 aliphatic rings. The Labute approximate surface area is 111 Å². The van der Waals surface area contributed by atoms with Crippen LogP contribution in [0.1, 0.15) is 12.8 Å². The van der Waals surface area contributed by atoms with Crippen LogP contribution >= 0.6 is 23.2 Å². The molecule has 0 unspecified atom stereocenters. The minimum Gasteiger partial charge on any atom is -0.484 e. The van der Waals surface area contributed by atoms with E-state index in [2.05, 4.69) is 5.32 Å². The van der Waals surface area contributed by atoms with E-state index < -0.39 is 0 Å². The first kappa shape index (κ1) is 14.1. The van der Waals surface area contributed by atoms with Gasteiger partial charge in [-0.05, 0) is 37.1 Å². The first-order valence-electron chi connectivity index (χ1n) is 5.43. The van der Waals surface area contributed by atoms with Gasteiger partial charge in [-0.15, -0.1) is 11.6 Å². The van der Waals surface area contributed by atoms with Crippen molar-refractivity contribution in [2.24, 2.45) is 0 Å². The predicted octanol–water partition coefficient (Wildman–Crippen LogP) is 2.85. The molecule has 0 radical (unpaired) electrons. The van der Waals surface area contributed by atoms with Gasteiger partial charge in [-0.1, -0.05) is 11.6 Å². The maximum Gasteiger partial charge on any atom is 0.257 e. The van der Waals surface area contributed by atoms with E-state index in [1.807, 2.05) is 0 Å². The summed E-state index contributed by atoms with van der Waals surface area (Å²) in [6.45, 7) is 0.651. The molecule has 1 amide bonds. The second-order valence-electron chi connectivity index (χ2n) is 3.49. The lowest BCUT2D eigenvalue weighted by atomic mass is 10.3. The van der Waals surface area contributed by atoms with Crippen LogP contribution in [-0.4, -0.2) is 24.9 Å². The highest BCUT2D eigenvalue weighted by molar-refractivity contribution is 6.30. The van der Waals surface area contributed by atoms with E-state index in [1.165, 1.54) is 0 Å². The summed E-state index contributed by atoms with van der Waals surface area (Å²) in [5.74, 6) is 1.12. The predicted molar refractivity (Wildman–Crippen MR) is 69.9 cm³/mol. The molecule has 5 heteroatoms. The molecular formula is C12H15Cl2NO2. The molecule has 17 heavy (non-hydrogen) atoms. The van der Waals surface area contributed by atoms with Crippen LogP contribution < -0.4 is 10.1 Å². The van der Waals surface area contributed by atoms with Crippen LogP contribution in [-0.2, 0) is 4.79 Å². The van der Waals surface area contributed by atoms with Crippen LogP contribution in [0, 0.1) is 0 Å². The highest BCUT2D eigenvalue weighted by Crippen LogP contribution is 2.15. The molecule has 1 aromatic rings. The molecule has 0 fully saturated rings. The minimum atomic E-state index is -0.130. The van der Waals surface area contributed by atoms with Gasteiger partial charge in [0.15, 0.2) is 6.61 Å². The van der Waals surface area contributed by atoms with Crippen molar-refractivity contribution in [1.29, 1.82) is 0 Å². The Morgan fingerprint density at radius 3 is 2.59 bits per heavy atom. The van der Waals surface area contributed by atoms with E-state index in [4.69, 9.17) is 27.9 Å². The highest BCUT2D eigenvalue weighted by atomic mass is 35.5. The second-order valence-corrected chi connectivity index (χ2v) is 4.30. The third kappa shape index (κ3) is 6.39. The number of carbonyl (C=O) groups is 1. The summed E-state index contributed by atoms with van der Waals surface area (Å²) in [5, 5.41) is 3.39. The van der Waals surface area contributed by atoms with Crippen molar-refractivity contribution < 1.29 is 9.53 Å². The summed E-state index contributed by atoms with van der Waals surface area (Å²) in [4.78, 5) is 11.4. The van der Waals surface area contributed by atoms with Crippen LogP contribution in [0.25, 0.3) is 0 Å². The summed E-state index contributed by atoms with van der Waals surface area (Å²) in [6.07, 6.45) is 1.79. The summed E-state index contributed by atoms with van der Waals surface area (Å²) >= 11 is 11.2. The van der Waals surface area contributed by atoms with Crippen molar-refractivity contribution in [3.05, 3.63) is 29.3 Å². The number of carbonyl (C=O) groups excluding carboxylic acids is 1. The fourth-order valence-electron chi connectivity index (χ4n) is 1.18. The molecule has 1 rings (SSSR count). The first-order valence-corrected chi connectivity index (χ1v) is 6.34. The number of nitrogens with one attached hydrogen (secondary N) is 1. The highest BCUT2D eigenvalue weighted by Gasteiger charge is 2.01. The third-order valence-corrected chi connectivity index (χ3v) is 2.59. The largest absolute Gasteiger partial charge is 0.484 e. The maximum atomic E-state index is 11.4. The van der Waals surface area contributed by atoms with E-state index in [0.717, 1.165) is 12.8 Å². The lowest BCUT2D eigenvalue weighted by Crippen LogP contribution is -2.29. The smallest absolute Gasteiger partial charge is 0.257 e. The van der Waals surface area contributed by atoms with E-state index in [0.29, 0.717) is 23.2 Å². The van der Waals surface area contributed by atoms with Crippen molar-refractivity contribution in [1.82, 2.24) is 5.32 Å². The summed E-state index contributed by atoms with van der Waals surface area (Å²) < 4.78 is 5.28. The van der Waals surface area contributed by atoms with Gasteiger partial charge in [0.25, 0.3) is 5.91 Å². The van der Waals surface area contributed by atoms with Gasteiger partial charge >= 0.3 is 0 Å². The average molecular weight is 276 g/mol. The molecule has 0 saturated carbocycles. The van der Waals surface area contributed by atoms with E-state index >= 15 is 0 Å². The zero-order valence-electron chi connectivity index (χ0n) is 9.42. The molecule has 1 aromatic carbocycles. The monoisotopic (exact) mass is 275 g/mol. The standard InChI is InChI=1S/C12H15Cl2NO2/c13-7-1-2-8-15-12(16)9-17-11-5-3-10(14)4-6-11/h3-6H,1-2,7-9H2,(H,15,16). The Kier molecular flexibility index (Phi) is 6.82. The Balaban J connectivity index is 2.17. The van der Waals surface area contributed by atoms with Crippen molar-refractivity contribution >= 4 is 29.1 Å². The Bertz CT molecular complexity index is 341. The maximum absolute atomic E-state index is 11.4. The molecule has 0 aromatic heterocycles. The molecule has 0 aliphatic heterocycles. The number of benzene rings is 1. The fourth-order valence-corrected chi connectivity index (χ4v) is 1.49. The number of halogens is 2. The zero-order chi connectivity index (χ0) is 12.5. The van der Waals surface area contributed by atoms with Gasteiger partial charge < -0.3 is 10.1 Å². The lowest BCUT2D eigenvalue weighted by Gasteiger charge is -2.07. The number of hydrogen-bond acceptors (Lipinski definition) is 2. The van der Waals surface area contributed by atoms with Gasteiger partial charge in [-0.3, -0.25) is 4.79 Å². The van der Waals surface area contributed by atoms with E-state index in [1.54, 1.807) is 24.3 Å². The normalized spacial score (nSPS) is 10.0. The molecule has 0 heterocycles. The van der Waals surface area contributed by atoms with E-state index in [-0.39, 0.29) is 12.5 Å². The molecule has 0 saturated heterocycles. The zero-order valence-corrected chi connectivity index (χ0v) is 10.9. The van der Waals surface area contributed by atoms with Crippen molar-refractivity contribution in [3.63, 3.8) is 0 Å². The van der Waals surface area contributed by atoms with E-state index in [9.17, 15) is 4.79 Å². The second kappa shape index (κ2) is 8.20. The van der Waals surface area contributed by atoms with Gasteiger partial charge in [0.05, 0.1) is 0 Å². The van der Waals surface area contributed by atoms with Crippen molar-refractivity contribution in [2.75, 3.05) is 19.0 Å². The van der Waals surface area contributed by atoms with Crippen LogP contribution in [0.5, 0.6) is 5.75 Å². The molecule has 3 nitrogen and oxygen atoms in total. The molecule has 94 valence electrons. The summed E-state index contributed by atoms with van der Waals surface area (Å²) in [6, 6.07) is 6.89. The summed E-state index contributed by atoms with van der Waals surface area (Å²) in [5.41, 5.74) is 0. The SMILES string of the molecule is O=C(COc1ccc(Cl)cc1)NCCCCCl. The number of hydrogen-bond donors (Lipinski definition) is 1. The number of ether oxygens (including phenoxy) is 1. The van der Waals surface area contributed by atoms with Gasteiger partial charge in [0, 0.05) is 17.4 Å². The lowest BCUT2D eigenvalue weighted by molar-refractivity contribution is -0.123. The van der Waals surface area contributed by atoms with Gasteiger partial charge in [0.2, 0.25) is 0 Å². The van der Waals surface area contributed by atoms with Crippen LogP contribution in [0.3, 0.4) is 0 Å². The van der Waals surface area contributed by atoms with Gasteiger partial charge in [-0.25, -0.2) is 0 Å². The summed E-state index contributed by atoms with van der Waals surface area (Å²) in [7, 11) is 0. The fraction of sp³-hybridized carbons (Fsp3) is 0.417. The van der Waals surface area contributed by atoms with Gasteiger partial charge in [-0.2, -0.15) is 0 Å². The molecule has 0 atom stereocenters. The quantitative estimate of drug-likeness (QED) is 0.614. The van der Waals surface area contributed by atoms with Gasteiger partial charge in [0.1, 0.15) is 5.75 Å². The number of amides is 1. The molecule has 0 bridgehead atoms. The molecular weight excluding hydrogens is 261 g/mol. The number of rotatable bonds is 7. The third-order valence-electron chi connectivity index (χ3n) is 2.07. The Morgan fingerprint density at radius 1 is 1.24 bits per heavy atom. The van der Waals surface area contributed by atoms with Crippen LogP contribution in [0.2, 0.25) is 5.02 Å². The average Bonchev–Trinajstić information content (AvgIpc) is 2.34. The Morgan fingerprint density at radius 2 is 1.94 bits per heavy atom. The van der Waals surface area contributed by atoms with Crippen LogP contribution in [0.15, 0.2) is 24.3 Å². The number of alkyl halides is 1. The van der Waals surface area contributed by atoms with Crippen LogP contribution in [0.4, 0.5) is 0 Å². The minimum absolute atomic E-state index is 0.0164. The topological polar surface area (TPSA) is 38.3 Å². The van der Waals surface area contributed by atoms with Crippen molar-refractivity contribution in [2.45, 2.75) is 12.8 Å².